The molecule has 2 aromatic heterocycles. The number of tetrazole rings is 1. The minimum atomic E-state index is -0.601. The highest BCUT2D eigenvalue weighted by molar-refractivity contribution is 5.90. The van der Waals surface area contributed by atoms with Gasteiger partial charge in [0, 0.05) is 5.56 Å². The summed E-state index contributed by atoms with van der Waals surface area (Å²) in [7, 11) is 0. The number of rotatable bonds is 4. The standard InChI is InChI=1S/C17H19N7O2/c1-17(2,3)26-16(25)19-12-10-18-13(9-14-21-23-24-22-14)20-15(12)11-7-5-4-6-8-11/h4-8,10H,9H2,1-3H3,(H,19,25)(H,21,22,23,24). The maximum atomic E-state index is 12.1. The molecule has 0 bridgehead atoms. The molecule has 0 aliphatic rings. The van der Waals surface area contributed by atoms with Crippen LogP contribution in [0.2, 0.25) is 0 Å². The van der Waals surface area contributed by atoms with Crippen molar-refractivity contribution in [1.82, 2.24) is 30.6 Å². The first kappa shape index (κ1) is 17.5. The summed E-state index contributed by atoms with van der Waals surface area (Å²) in [4.78, 5) is 21.0. The van der Waals surface area contributed by atoms with E-state index in [1.165, 1.54) is 0 Å². The zero-order chi connectivity index (χ0) is 18.6. The summed E-state index contributed by atoms with van der Waals surface area (Å²) in [6, 6.07) is 9.51. The van der Waals surface area contributed by atoms with E-state index in [2.05, 4.69) is 35.9 Å². The Morgan fingerprint density at radius 3 is 2.62 bits per heavy atom. The molecule has 9 nitrogen and oxygen atoms in total. The van der Waals surface area contributed by atoms with Crippen LogP contribution in [0.5, 0.6) is 0 Å². The number of anilines is 1. The van der Waals surface area contributed by atoms with Crippen molar-refractivity contribution < 1.29 is 9.53 Å². The number of H-pyrrole nitrogens is 1. The van der Waals surface area contributed by atoms with Crippen molar-refractivity contribution in [3.05, 3.63) is 48.2 Å². The molecule has 2 heterocycles. The van der Waals surface area contributed by atoms with E-state index < -0.39 is 11.7 Å². The molecular weight excluding hydrogens is 334 g/mol. The highest BCUT2D eigenvalue weighted by atomic mass is 16.6. The highest BCUT2D eigenvalue weighted by Crippen LogP contribution is 2.26. The third kappa shape index (κ3) is 4.59. The molecule has 3 rings (SSSR count). The molecule has 0 atom stereocenters. The lowest BCUT2D eigenvalue weighted by molar-refractivity contribution is 0.0636. The van der Waals surface area contributed by atoms with Gasteiger partial charge in [-0.1, -0.05) is 35.5 Å². The fraction of sp³-hybridized carbons (Fsp3) is 0.294. The number of hydrogen-bond donors (Lipinski definition) is 2. The summed E-state index contributed by atoms with van der Waals surface area (Å²) in [5.74, 6) is 0.997. The fourth-order valence-electron chi connectivity index (χ4n) is 2.22. The largest absolute Gasteiger partial charge is 0.444 e. The second-order valence-electron chi connectivity index (χ2n) is 6.55. The number of carbonyl (C=O) groups excluding carboxylic acids is 1. The Hall–Kier alpha value is -3.36. The normalized spacial score (nSPS) is 11.2. The topological polar surface area (TPSA) is 119 Å². The van der Waals surface area contributed by atoms with Crippen LogP contribution in [0.1, 0.15) is 32.4 Å². The molecule has 0 saturated heterocycles. The lowest BCUT2D eigenvalue weighted by Crippen LogP contribution is -2.27. The van der Waals surface area contributed by atoms with Gasteiger partial charge in [0.05, 0.1) is 24.0 Å². The third-order valence-corrected chi connectivity index (χ3v) is 3.23. The summed E-state index contributed by atoms with van der Waals surface area (Å²) in [6.45, 7) is 5.40. The second-order valence-corrected chi connectivity index (χ2v) is 6.55. The molecule has 1 amide bonds. The molecule has 3 aromatic rings. The molecule has 1 aromatic carbocycles. The molecule has 2 N–H and O–H groups in total. The van der Waals surface area contributed by atoms with Gasteiger partial charge in [-0.05, 0) is 20.8 Å². The minimum Gasteiger partial charge on any atom is -0.444 e. The zero-order valence-electron chi connectivity index (χ0n) is 14.7. The van der Waals surface area contributed by atoms with Gasteiger partial charge in [0.1, 0.15) is 11.4 Å². The van der Waals surface area contributed by atoms with Gasteiger partial charge >= 0.3 is 6.09 Å². The summed E-state index contributed by atoms with van der Waals surface area (Å²) < 4.78 is 5.31. The van der Waals surface area contributed by atoms with Gasteiger partial charge in [0.15, 0.2) is 5.82 Å². The van der Waals surface area contributed by atoms with Crippen molar-refractivity contribution in [3.8, 4) is 11.3 Å². The molecule has 0 unspecified atom stereocenters. The lowest BCUT2D eigenvalue weighted by Gasteiger charge is -2.20. The van der Waals surface area contributed by atoms with Gasteiger partial charge in [0.2, 0.25) is 0 Å². The summed E-state index contributed by atoms with van der Waals surface area (Å²) >= 11 is 0. The molecule has 9 heteroatoms. The number of amides is 1. The minimum absolute atomic E-state index is 0.322. The first-order valence-corrected chi connectivity index (χ1v) is 8.04. The number of carbonyl (C=O) groups is 1. The summed E-state index contributed by atoms with van der Waals surface area (Å²) in [5.41, 5.74) is 1.29. The molecule has 0 aliphatic heterocycles. The highest BCUT2D eigenvalue weighted by Gasteiger charge is 2.19. The van der Waals surface area contributed by atoms with E-state index in [1.54, 1.807) is 27.0 Å². The predicted octanol–water partition coefficient (Wildman–Crippen LogP) is 2.59. The van der Waals surface area contributed by atoms with Crippen molar-refractivity contribution in [2.75, 3.05) is 5.32 Å². The van der Waals surface area contributed by atoms with E-state index in [9.17, 15) is 4.79 Å². The Morgan fingerprint density at radius 2 is 1.96 bits per heavy atom. The van der Waals surface area contributed by atoms with Gasteiger partial charge in [-0.2, -0.15) is 5.21 Å². The van der Waals surface area contributed by atoms with Crippen molar-refractivity contribution >= 4 is 11.8 Å². The molecule has 0 radical (unpaired) electrons. The van der Waals surface area contributed by atoms with E-state index in [0.29, 0.717) is 29.5 Å². The average Bonchev–Trinajstić information content (AvgIpc) is 3.08. The average molecular weight is 353 g/mol. The SMILES string of the molecule is CC(C)(C)OC(=O)Nc1cnc(Cc2nn[nH]n2)nc1-c1ccccc1. The van der Waals surface area contributed by atoms with E-state index in [0.717, 1.165) is 5.56 Å². The van der Waals surface area contributed by atoms with Crippen molar-refractivity contribution in [2.45, 2.75) is 32.8 Å². The van der Waals surface area contributed by atoms with Crippen LogP contribution in [0.25, 0.3) is 11.3 Å². The Bertz CT molecular complexity index is 874. The number of nitrogens with one attached hydrogen (secondary N) is 2. The van der Waals surface area contributed by atoms with Gasteiger partial charge < -0.3 is 4.74 Å². The first-order chi connectivity index (χ1) is 12.4. The van der Waals surface area contributed by atoms with E-state index in [4.69, 9.17) is 4.74 Å². The number of nitrogens with zero attached hydrogens (tertiary/aromatic N) is 5. The second kappa shape index (κ2) is 7.26. The van der Waals surface area contributed by atoms with Crippen molar-refractivity contribution in [1.29, 1.82) is 0 Å². The van der Waals surface area contributed by atoms with Crippen LogP contribution >= 0.6 is 0 Å². The molecule has 0 fully saturated rings. The lowest BCUT2D eigenvalue weighted by atomic mass is 10.1. The Labute approximate surface area is 150 Å². The van der Waals surface area contributed by atoms with Gasteiger partial charge in [-0.15, -0.1) is 10.2 Å². The van der Waals surface area contributed by atoms with E-state index >= 15 is 0 Å². The van der Waals surface area contributed by atoms with Crippen LogP contribution in [0.15, 0.2) is 36.5 Å². The van der Waals surface area contributed by atoms with Gasteiger partial charge in [-0.25, -0.2) is 14.8 Å². The quantitative estimate of drug-likeness (QED) is 0.740. The summed E-state index contributed by atoms with van der Waals surface area (Å²) in [5, 5.41) is 16.5. The number of aromatic amines is 1. The number of hydrogen-bond acceptors (Lipinski definition) is 7. The number of ether oxygens (including phenoxy) is 1. The third-order valence-electron chi connectivity index (χ3n) is 3.23. The Balaban J connectivity index is 1.91. The molecule has 0 saturated carbocycles. The molecule has 26 heavy (non-hydrogen) atoms. The van der Waals surface area contributed by atoms with Crippen LogP contribution < -0.4 is 5.32 Å². The van der Waals surface area contributed by atoms with Crippen LogP contribution in [0.4, 0.5) is 10.5 Å². The molecule has 134 valence electrons. The summed E-state index contributed by atoms with van der Waals surface area (Å²) in [6.07, 6.45) is 1.31. The van der Waals surface area contributed by atoms with Crippen LogP contribution in [0.3, 0.4) is 0 Å². The van der Waals surface area contributed by atoms with E-state index in [1.807, 2.05) is 30.3 Å². The Morgan fingerprint density at radius 1 is 1.19 bits per heavy atom. The van der Waals surface area contributed by atoms with Crippen molar-refractivity contribution in [2.24, 2.45) is 0 Å². The van der Waals surface area contributed by atoms with Gasteiger partial charge in [0.25, 0.3) is 0 Å². The fourth-order valence-corrected chi connectivity index (χ4v) is 2.22. The molecule has 0 aliphatic carbocycles. The molecular formula is C17H19N7O2. The first-order valence-electron chi connectivity index (χ1n) is 8.04. The van der Waals surface area contributed by atoms with Gasteiger partial charge in [-0.3, -0.25) is 5.32 Å². The van der Waals surface area contributed by atoms with E-state index in [-0.39, 0.29) is 0 Å². The number of aromatic nitrogens is 6. The zero-order valence-corrected chi connectivity index (χ0v) is 14.7. The smallest absolute Gasteiger partial charge is 0.412 e. The monoisotopic (exact) mass is 353 g/mol. The number of benzene rings is 1. The molecule has 0 spiro atoms. The van der Waals surface area contributed by atoms with Crippen LogP contribution in [0, 0.1) is 0 Å². The maximum Gasteiger partial charge on any atom is 0.412 e. The Kier molecular flexibility index (Phi) is 4.87. The maximum absolute atomic E-state index is 12.1. The predicted molar refractivity (Wildman–Crippen MR) is 94.3 cm³/mol. The van der Waals surface area contributed by atoms with Crippen molar-refractivity contribution in [3.63, 3.8) is 0 Å². The van der Waals surface area contributed by atoms with Crippen LogP contribution in [-0.2, 0) is 11.2 Å². The van der Waals surface area contributed by atoms with Crippen LogP contribution in [-0.4, -0.2) is 42.3 Å².